The van der Waals surface area contributed by atoms with E-state index in [9.17, 15) is 4.79 Å². The fourth-order valence-corrected chi connectivity index (χ4v) is 1.51. The van der Waals surface area contributed by atoms with E-state index in [4.69, 9.17) is 4.74 Å². The number of methoxy groups -OCH3 is 1. The summed E-state index contributed by atoms with van der Waals surface area (Å²) in [6, 6.07) is 1.64. The van der Waals surface area contributed by atoms with Gasteiger partial charge in [0.05, 0.1) is 12.8 Å². The largest absolute Gasteiger partial charge is 0.468 e. The van der Waals surface area contributed by atoms with Crippen LogP contribution in [0.5, 0.6) is 0 Å². The minimum Gasteiger partial charge on any atom is -0.468 e. The van der Waals surface area contributed by atoms with Gasteiger partial charge in [0.2, 0.25) is 0 Å². The summed E-state index contributed by atoms with van der Waals surface area (Å²) >= 11 is 0. The molecule has 0 spiro atoms. The van der Waals surface area contributed by atoms with Crippen molar-refractivity contribution in [2.75, 3.05) is 7.11 Å². The van der Waals surface area contributed by atoms with Crippen molar-refractivity contribution in [3.8, 4) is 0 Å². The summed E-state index contributed by atoms with van der Waals surface area (Å²) in [5.74, 6) is -0.0298. The highest BCUT2D eigenvalue weighted by Gasteiger charge is 2.22. The molecule has 0 amide bonds. The zero-order valence-corrected chi connectivity index (χ0v) is 10.2. The number of rotatable bonds is 5. The van der Waals surface area contributed by atoms with Gasteiger partial charge in [0, 0.05) is 19.8 Å². The number of ether oxygens (including phenoxy) is 1. The third-order valence-corrected chi connectivity index (χ3v) is 2.55. The lowest BCUT2D eigenvalue weighted by Crippen LogP contribution is -2.41. The molecule has 0 fully saturated rings. The van der Waals surface area contributed by atoms with E-state index < -0.39 is 0 Å². The summed E-state index contributed by atoms with van der Waals surface area (Å²) in [5.41, 5.74) is 1.04. The first-order valence-corrected chi connectivity index (χ1v) is 5.34. The Kier molecular flexibility index (Phi) is 4.49. The lowest BCUT2D eigenvalue weighted by molar-refractivity contribution is -0.144. The second kappa shape index (κ2) is 5.65. The van der Waals surface area contributed by atoms with Crippen molar-refractivity contribution in [2.45, 2.75) is 26.4 Å². The number of aromatic nitrogens is 2. The van der Waals surface area contributed by atoms with E-state index >= 15 is 0 Å². The predicted molar refractivity (Wildman–Crippen MR) is 60.7 cm³/mol. The third-order valence-electron chi connectivity index (χ3n) is 2.55. The minimum absolute atomic E-state index is 0.195. The Morgan fingerprint density at radius 1 is 1.62 bits per heavy atom. The molecule has 0 aliphatic rings. The Hall–Kier alpha value is -1.36. The number of esters is 1. The quantitative estimate of drug-likeness (QED) is 0.750. The Balaban J connectivity index is 2.57. The normalized spacial score (nSPS) is 12.8. The molecule has 1 heterocycles. The highest BCUT2D eigenvalue weighted by molar-refractivity contribution is 5.75. The number of carbonyl (C=O) groups is 1. The van der Waals surface area contributed by atoms with Gasteiger partial charge in [-0.2, -0.15) is 5.10 Å². The van der Waals surface area contributed by atoms with Crippen LogP contribution in [0.1, 0.15) is 19.5 Å². The molecule has 5 nitrogen and oxygen atoms in total. The van der Waals surface area contributed by atoms with Gasteiger partial charge >= 0.3 is 5.97 Å². The molecule has 0 radical (unpaired) electrons. The minimum atomic E-state index is -0.278. The van der Waals surface area contributed by atoms with Gasteiger partial charge in [-0.05, 0) is 12.0 Å². The summed E-state index contributed by atoms with van der Waals surface area (Å²) in [6.45, 7) is 4.57. The number of nitrogens with zero attached hydrogens (tertiary/aromatic N) is 2. The van der Waals surface area contributed by atoms with Gasteiger partial charge in [0.1, 0.15) is 6.04 Å². The van der Waals surface area contributed by atoms with Crippen LogP contribution in [0, 0.1) is 5.92 Å². The van der Waals surface area contributed by atoms with Gasteiger partial charge in [-0.25, -0.2) is 0 Å². The Morgan fingerprint density at radius 3 is 2.75 bits per heavy atom. The first-order valence-electron chi connectivity index (χ1n) is 5.34. The molecule has 1 aromatic rings. The van der Waals surface area contributed by atoms with E-state index in [-0.39, 0.29) is 17.9 Å². The van der Waals surface area contributed by atoms with Crippen LogP contribution in [-0.4, -0.2) is 28.9 Å². The van der Waals surface area contributed by atoms with E-state index in [1.165, 1.54) is 7.11 Å². The molecule has 1 unspecified atom stereocenters. The van der Waals surface area contributed by atoms with E-state index in [1.807, 2.05) is 27.0 Å². The van der Waals surface area contributed by atoms with Crippen LogP contribution in [0.15, 0.2) is 12.3 Å². The average molecular weight is 225 g/mol. The van der Waals surface area contributed by atoms with Crippen LogP contribution in [0.4, 0.5) is 0 Å². The van der Waals surface area contributed by atoms with Crippen LogP contribution in [0.3, 0.4) is 0 Å². The van der Waals surface area contributed by atoms with Crippen LogP contribution in [0.2, 0.25) is 0 Å². The van der Waals surface area contributed by atoms with Crippen LogP contribution in [-0.2, 0) is 23.1 Å². The number of carbonyl (C=O) groups excluding carboxylic acids is 1. The molecule has 1 aromatic heterocycles. The number of nitrogens with one attached hydrogen (secondary N) is 1. The molecule has 0 bridgehead atoms. The Labute approximate surface area is 95.8 Å². The van der Waals surface area contributed by atoms with Crippen molar-refractivity contribution >= 4 is 5.97 Å². The van der Waals surface area contributed by atoms with Gasteiger partial charge in [-0.15, -0.1) is 0 Å². The highest BCUT2D eigenvalue weighted by Crippen LogP contribution is 2.05. The van der Waals surface area contributed by atoms with E-state index in [2.05, 4.69) is 10.4 Å². The van der Waals surface area contributed by atoms with Gasteiger partial charge in [-0.1, -0.05) is 13.8 Å². The molecule has 0 saturated carbocycles. The van der Waals surface area contributed by atoms with Gasteiger partial charge in [0.15, 0.2) is 0 Å². The summed E-state index contributed by atoms with van der Waals surface area (Å²) in [7, 11) is 3.28. The zero-order valence-electron chi connectivity index (χ0n) is 10.2. The van der Waals surface area contributed by atoms with E-state index in [0.29, 0.717) is 6.54 Å². The summed E-state index contributed by atoms with van der Waals surface area (Å²) in [4.78, 5) is 11.5. The smallest absolute Gasteiger partial charge is 0.323 e. The molecule has 0 aromatic carbocycles. The molecular formula is C11H19N3O2. The maximum atomic E-state index is 11.5. The summed E-state index contributed by atoms with van der Waals surface area (Å²) in [6.07, 6.45) is 1.74. The van der Waals surface area contributed by atoms with Crippen molar-refractivity contribution in [2.24, 2.45) is 13.0 Å². The van der Waals surface area contributed by atoms with Crippen molar-refractivity contribution in [1.82, 2.24) is 15.1 Å². The van der Waals surface area contributed by atoms with Gasteiger partial charge in [0.25, 0.3) is 0 Å². The van der Waals surface area contributed by atoms with Crippen molar-refractivity contribution < 1.29 is 9.53 Å². The standard InChI is InChI=1S/C11H19N3O2/c1-8(2)10(11(15)16-4)12-7-9-5-6-13-14(9)3/h5-6,8,10,12H,7H2,1-4H3. The van der Waals surface area contributed by atoms with E-state index in [0.717, 1.165) is 5.69 Å². The Bertz CT molecular complexity index is 347. The molecule has 0 aliphatic carbocycles. The third kappa shape index (κ3) is 3.06. The highest BCUT2D eigenvalue weighted by atomic mass is 16.5. The second-order valence-corrected chi connectivity index (χ2v) is 4.07. The second-order valence-electron chi connectivity index (χ2n) is 4.07. The topological polar surface area (TPSA) is 56.1 Å². The average Bonchev–Trinajstić information content (AvgIpc) is 2.64. The monoisotopic (exact) mass is 225 g/mol. The molecule has 90 valence electrons. The first-order chi connectivity index (χ1) is 7.56. The molecule has 1 atom stereocenters. The van der Waals surface area contributed by atoms with Gasteiger partial charge in [-0.3, -0.25) is 14.8 Å². The van der Waals surface area contributed by atoms with Crippen LogP contribution in [0.25, 0.3) is 0 Å². The molecular weight excluding hydrogens is 206 g/mol. The van der Waals surface area contributed by atoms with Gasteiger partial charge < -0.3 is 4.74 Å². The fourth-order valence-electron chi connectivity index (χ4n) is 1.51. The summed E-state index contributed by atoms with van der Waals surface area (Å²) < 4.78 is 6.53. The number of hydrogen-bond donors (Lipinski definition) is 1. The molecule has 1 N–H and O–H groups in total. The fraction of sp³-hybridized carbons (Fsp3) is 0.636. The lowest BCUT2D eigenvalue weighted by atomic mass is 10.0. The number of hydrogen-bond acceptors (Lipinski definition) is 4. The maximum Gasteiger partial charge on any atom is 0.323 e. The SMILES string of the molecule is COC(=O)C(NCc1ccnn1C)C(C)C. The molecule has 0 saturated heterocycles. The summed E-state index contributed by atoms with van der Waals surface area (Å²) in [5, 5.41) is 7.24. The molecule has 1 rings (SSSR count). The van der Waals surface area contributed by atoms with Crippen LogP contribution < -0.4 is 5.32 Å². The van der Waals surface area contributed by atoms with Crippen LogP contribution >= 0.6 is 0 Å². The molecule has 16 heavy (non-hydrogen) atoms. The van der Waals surface area contributed by atoms with Crippen molar-refractivity contribution in [1.29, 1.82) is 0 Å². The van der Waals surface area contributed by atoms with E-state index in [1.54, 1.807) is 10.9 Å². The predicted octanol–water partition coefficient (Wildman–Crippen LogP) is 0.707. The molecule has 0 aliphatic heterocycles. The number of aryl methyl sites for hydroxylation is 1. The van der Waals surface area contributed by atoms with Crippen molar-refractivity contribution in [3.63, 3.8) is 0 Å². The molecule has 5 heteroatoms. The zero-order chi connectivity index (χ0) is 12.1. The van der Waals surface area contributed by atoms with Crippen molar-refractivity contribution in [3.05, 3.63) is 18.0 Å². The Morgan fingerprint density at radius 2 is 2.31 bits per heavy atom. The first kappa shape index (κ1) is 12.7. The lowest BCUT2D eigenvalue weighted by Gasteiger charge is -2.19. The maximum absolute atomic E-state index is 11.5.